The average molecular weight is 324 g/mol. The van der Waals surface area contributed by atoms with Gasteiger partial charge in [0.1, 0.15) is 12.7 Å². The summed E-state index contributed by atoms with van der Waals surface area (Å²) < 4.78 is 10.3. The molecule has 0 aromatic rings. The first-order valence-corrected chi connectivity index (χ1v) is 8.36. The highest BCUT2D eigenvalue weighted by Gasteiger charge is 2.14. The van der Waals surface area contributed by atoms with E-state index in [0.717, 1.165) is 12.8 Å². The fourth-order valence-electron chi connectivity index (χ4n) is 1.65. The summed E-state index contributed by atoms with van der Waals surface area (Å²) in [5.74, 6) is -0.450. The van der Waals surface area contributed by atoms with E-state index in [1.54, 1.807) is 0 Å². The largest absolute Gasteiger partial charge is 0.462 e. The Morgan fingerprint density at radius 2 is 1.52 bits per heavy atom. The smallest absolute Gasteiger partial charge is 0.306 e. The third-order valence-electron chi connectivity index (χ3n) is 3.56. The quantitative estimate of drug-likeness (QED) is 0.435. The molecule has 0 N–H and O–H groups in total. The second-order valence-corrected chi connectivity index (χ2v) is 6.49. The summed E-state index contributed by atoms with van der Waals surface area (Å²) in [5, 5.41) is 0. The van der Waals surface area contributed by atoms with Crippen LogP contribution >= 0.6 is 0 Å². The Morgan fingerprint density at radius 3 is 2.09 bits per heavy atom. The number of hydrogen-bond acceptors (Lipinski definition) is 4. The molecular weight excluding hydrogens is 292 g/mol. The summed E-state index contributed by atoms with van der Waals surface area (Å²) in [6.07, 6.45) is 6.06. The molecule has 132 valence electrons. The number of ether oxygens (including phenoxy) is 2. The van der Waals surface area contributed by atoms with Crippen molar-refractivity contribution in [3.8, 4) is 0 Å². The summed E-state index contributed by atoms with van der Waals surface area (Å²) in [6, 6.07) is 0. The second-order valence-electron chi connectivity index (χ2n) is 6.49. The highest BCUT2D eigenvalue weighted by atomic mass is 16.5. The van der Waals surface area contributed by atoms with Crippen molar-refractivity contribution >= 4 is 11.9 Å². The topological polar surface area (TPSA) is 52.6 Å². The first-order chi connectivity index (χ1) is 10.7. The standard InChI is InChI=1S/C19H32O4/c1-14(2)8-7-9-16(5)12-13-22-18(20)10-11-19(21)23-17(6)15(3)4/h8,12,15,17H,7,9-11,13H2,1-6H3/b16-12+. The molecule has 23 heavy (non-hydrogen) atoms. The molecule has 0 radical (unpaired) electrons. The molecule has 0 aromatic heterocycles. The van der Waals surface area contributed by atoms with Gasteiger partial charge in [0.25, 0.3) is 0 Å². The van der Waals surface area contributed by atoms with Crippen LogP contribution in [-0.4, -0.2) is 24.6 Å². The minimum atomic E-state index is -0.368. The highest BCUT2D eigenvalue weighted by Crippen LogP contribution is 2.08. The van der Waals surface area contributed by atoms with Crippen LogP contribution < -0.4 is 0 Å². The van der Waals surface area contributed by atoms with Crippen LogP contribution in [0.1, 0.15) is 67.2 Å². The Balaban J connectivity index is 3.90. The molecule has 0 spiro atoms. The van der Waals surface area contributed by atoms with Gasteiger partial charge in [0, 0.05) is 0 Å². The maximum atomic E-state index is 11.6. The van der Waals surface area contributed by atoms with Crippen molar-refractivity contribution in [1.82, 2.24) is 0 Å². The van der Waals surface area contributed by atoms with Crippen LogP contribution in [0.3, 0.4) is 0 Å². The van der Waals surface area contributed by atoms with Crippen LogP contribution in [0, 0.1) is 5.92 Å². The maximum absolute atomic E-state index is 11.6. The molecule has 0 aliphatic heterocycles. The molecular formula is C19H32O4. The molecule has 1 unspecified atom stereocenters. The maximum Gasteiger partial charge on any atom is 0.306 e. The van der Waals surface area contributed by atoms with Gasteiger partial charge in [0.15, 0.2) is 0 Å². The van der Waals surface area contributed by atoms with E-state index < -0.39 is 0 Å². The first-order valence-electron chi connectivity index (χ1n) is 8.36. The molecule has 4 nitrogen and oxygen atoms in total. The SMILES string of the molecule is CC(C)=CCC/C(C)=C/COC(=O)CCC(=O)OC(C)C(C)C. The van der Waals surface area contributed by atoms with Crippen LogP contribution in [0.15, 0.2) is 23.3 Å². The van der Waals surface area contributed by atoms with Gasteiger partial charge in [-0.05, 0) is 52.5 Å². The molecule has 4 heteroatoms. The molecule has 0 aliphatic rings. The molecule has 0 rings (SSSR count). The lowest BCUT2D eigenvalue weighted by Crippen LogP contribution is -2.20. The predicted molar refractivity (Wildman–Crippen MR) is 93.0 cm³/mol. The van der Waals surface area contributed by atoms with E-state index in [-0.39, 0.29) is 43.4 Å². The Morgan fingerprint density at radius 1 is 0.913 bits per heavy atom. The number of allylic oxidation sites excluding steroid dienone is 3. The van der Waals surface area contributed by atoms with E-state index in [9.17, 15) is 9.59 Å². The fourth-order valence-corrected chi connectivity index (χ4v) is 1.65. The normalized spacial score (nSPS) is 12.7. The van der Waals surface area contributed by atoms with Gasteiger partial charge in [-0.1, -0.05) is 31.1 Å². The number of rotatable bonds is 10. The molecule has 0 heterocycles. The van der Waals surface area contributed by atoms with Gasteiger partial charge in [0.05, 0.1) is 12.8 Å². The second kappa shape index (κ2) is 11.9. The number of carbonyl (C=O) groups is 2. The van der Waals surface area contributed by atoms with Crippen LogP contribution in [0.25, 0.3) is 0 Å². The Hall–Kier alpha value is -1.58. The van der Waals surface area contributed by atoms with Crippen LogP contribution in [-0.2, 0) is 19.1 Å². The molecule has 0 saturated carbocycles. The summed E-state index contributed by atoms with van der Waals surface area (Å²) in [7, 11) is 0. The highest BCUT2D eigenvalue weighted by molar-refractivity contribution is 5.77. The third-order valence-corrected chi connectivity index (χ3v) is 3.56. The van der Waals surface area contributed by atoms with Crippen LogP contribution in [0.2, 0.25) is 0 Å². The fraction of sp³-hybridized carbons (Fsp3) is 0.684. The minimum absolute atomic E-state index is 0.0638. The first kappa shape index (κ1) is 21.4. The summed E-state index contributed by atoms with van der Waals surface area (Å²) in [4.78, 5) is 23.2. The zero-order valence-corrected chi connectivity index (χ0v) is 15.5. The zero-order valence-electron chi connectivity index (χ0n) is 15.5. The molecule has 1 atom stereocenters. The van der Waals surface area contributed by atoms with Gasteiger partial charge in [-0.15, -0.1) is 0 Å². The van der Waals surface area contributed by atoms with Crippen molar-refractivity contribution < 1.29 is 19.1 Å². The van der Waals surface area contributed by atoms with Crippen molar-refractivity contribution in [2.75, 3.05) is 6.61 Å². The third kappa shape index (κ3) is 12.6. The van der Waals surface area contributed by atoms with Gasteiger partial charge >= 0.3 is 11.9 Å². The molecule has 0 aliphatic carbocycles. The minimum Gasteiger partial charge on any atom is -0.462 e. The van der Waals surface area contributed by atoms with Crippen molar-refractivity contribution in [2.45, 2.75) is 73.3 Å². The Labute approximate surface area is 140 Å². The van der Waals surface area contributed by atoms with E-state index in [2.05, 4.69) is 19.9 Å². The monoisotopic (exact) mass is 324 g/mol. The average Bonchev–Trinajstić information content (AvgIpc) is 2.44. The molecule has 0 bridgehead atoms. The predicted octanol–water partition coefficient (Wildman–Crippen LogP) is 4.59. The number of hydrogen-bond donors (Lipinski definition) is 0. The van der Waals surface area contributed by atoms with Gasteiger partial charge in [-0.3, -0.25) is 9.59 Å². The van der Waals surface area contributed by atoms with Gasteiger partial charge in [-0.2, -0.15) is 0 Å². The van der Waals surface area contributed by atoms with E-state index in [0.29, 0.717) is 0 Å². The number of esters is 2. The lowest BCUT2D eigenvalue weighted by molar-refractivity contribution is -0.154. The van der Waals surface area contributed by atoms with Gasteiger partial charge in [-0.25, -0.2) is 0 Å². The van der Waals surface area contributed by atoms with Gasteiger partial charge in [0.2, 0.25) is 0 Å². The van der Waals surface area contributed by atoms with Gasteiger partial charge < -0.3 is 9.47 Å². The molecule has 0 saturated heterocycles. The number of carbonyl (C=O) groups excluding carboxylic acids is 2. The summed E-state index contributed by atoms with van der Waals surface area (Å²) in [5.41, 5.74) is 2.50. The van der Waals surface area contributed by atoms with Crippen molar-refractivity contribution in [3.63, 3.8) is 0 Å². The van der Waals surface area contributed by atoms with E-state index >= 15 is 0 Å². The Kier molecular flexibility index (Phi) is 11.1. The van der Waals surface area contributed by atoms with Crippen LogP contribution in [0.5, 0.6) is 0 Å². The molecule has 0 fully saturated rings. The zero-order chi connectivity index (χ0) is 17.8. The summed E-state index contributed by atoms with van der Waals surface area (Å²) in [6.45, 7) is 12.3. The van der Waals surface area contributed by atoms with E-state index in [1.807, 2.05) is 33.8 Å². The molecule has 0 aromatic carbocycles. The lowest BCUT2D eigenvalue weighted by Gasteiger charge is -2.16. The Bertz CT molecular complexity index is 429. The van der Waals surface area contributed by atoms with E-state index in [4.69, 9.17) is 9.47 Å². The lowest BCUT2D eigenvalue weighted by atomic mass is 10.1. The molecule has 0 amide bonds. The summed E-state index contributed by atoms with van der Waals surface area (Å²) >= 11 is 0. The van der Waals surface area contributed by atoms with Crippen molar-refractivity contribution in [2.24, 2.45) is 5.92 Å². The van der Waals surface area contributed by atoms with Crippen molar-refractivity contribution in [3.05, 3.63) is 23.3 Å². The van der Waals surface area contributed by atoms with E-state index in [1.165, 1.54) is 11.1 Å². The van der Waals surface area contributed by atoms with Crippen LogP contribution in [0.4, 0.5) is 0 Å². The van der Waals surface area contributed by atoms with Crippen molar-refractivity contribution in [1.29, 1.82) is 0 Å².